The third kappa shape index (κ3) is 2.61. The number of carbonyl (C=O) groups excluding carboxylic acids is 2. The number of nitrogens with one attached hydrogen (secondary N) is 1. The highest BCUT2D eigenvalue weighted by Gasteiger charge is 2.55. The zero-order chi connectivity index (χ0) is 14.1. The Balaban J connectivity index is 2.23. The van der Waals surface area contributed by atoms with Crippen LogP contribution in [-0.2, 0) is 19.1 Å². The summed E-state index contributed by atoms with van der Waals surface area (Å²) in [6, 6.07) is -0.519. The van der Waals surface area contributed by atoms with Crippen LogP contribution in [0.2, 0.25) is 0 Å². The normalized spacial score (nSPS) is 38.3. The fourth-order valence-electron chi connectivity index (χ4n) is 3.33. The van der Waals surface area contributed by atoms with E-state index in [1.165, 1.54) is 0 Å². The van der Waals surface area contributed by atoms with E-state index in [-0.39, 0.29) is 22.9 Å². The van der Waals surface area contributed by atoms with Gasteiger partial charge in [-0.2, -0.15) is 0 Å². The quantitative estimate of drug-likeness (QED) is 0.787. The Bertz CT molecular complexity index is 384. The SMILES string of the molecule is CCOC(=O)C1NC(=O)CC12CCOC(C)(CC)C2. The van der Waals surface area contributed by atoms with Crippen LogP contribution in [0.3, 0.4) is 0 Å². The van der Waals surface area contributed by atoms with Gasteiger partial charge in [-0.05, 0) is 33.1 Å². The van der Waals surface area contributed by atoms with Gasteiger partial charge >= 0.3 is 5.97 Å². The molecule has 5 nitrogen and oxygen atoms in total. The summed E-state index contributed by atoms with van der Waals surface area (Å²) in [4.78, 5) is 23.9. The first kappa shape index (κ1) is 14.3. The molecule has 3 unspecified atom stereocenters. The smallest absolute Gasteiger partial charge is 0.329 e. The van der Waals surface area contributed by atoms with Gasteiger partial charge in [-0.25, -0.2) is 4.79 Å². The highest BCUT2D eigenvalue weighted by molar-refractivity contribution is 5.90. The van der Waals surface area contributed by atoms with E-state index in [4.69, 9.17) is 9.47 Å². The third-order valence-corrected chi connectivity index (χ3v) is 4.48. The maximum absolute atomic E-state index is 12.1. The molecule has 1 spiro atoms. The zero-order valence-corrected chi connectivity index (χ0v) is 12.0. The van der Waals surface area contributed by atoms with Crippen LogP contribution < -0.4 is 5.32 Å². The van der Waals surface area contributed by atoms with Gasteiger partial charge in [0.2, 0.25) is 5.91 Å². The van der Waals surface area contributed by atoms with E-state index >= 15 is 0 Å². The zero-order valence-electron chi connectivity index (χ0n) is 12.0. The number of ether oxygens (including phenoxy) is 2. The molecular formula is C14H23NO4. The highest BCUT2D eigenvalue weighted by atomic mass is 16.5. The molecule has 2 saturated heterocycles. The predicted octanol–water partition coefficient (Wildman–Crippen LogP) is 1.40. The fraction of sp³-hybridized carbons (Fsp3) is 0.857. The van der Waals surface area contributed by atoms with Crippen LogP contribution in [-0.4, -0.2) is 36.7 Å². The number of carbonyl (C=O) groups is 2. The molecule has 1 amide bonds. The highest BCUT2D eigenvalue weighted by Crippen LogP contribution is 2.48. The summed E-state index contributed by atoms with van der Waals surface area (Å²) in [6.07, 6.45) is 2.72. The molecule has 2 rings (SSSR count). The second kappa shape index (κ2) is 5.12. The van der Waals surface area contributed by atoms with E-state index in [1.807, 2.05) is 0 Å². The molecule has 2 aliphatic rings. The van der Waals surface area contributed by atoms with Crippen molar-refractivity contribution >= 4 is 11.9 Å². The molecule has 2 aliphatic heterocycles. The van der Waals surface area contributed by atoms with Crippen molar-refractivity contribution in [3.63, 3.8) is 0 Å². The van der Waals surface area contributed by atoms with Gasteiger partial charge in [0.1, 0.15) is 6.04 Å². The minimum Gasteiger partial charge on any atom is -0.464 e. The molecule has 2 fully saturated rings. The van der Waals surface area contributed by atoms with Crippen LogP contribution in [0.15, 0.2) is 0 Å². The Kier molecular flexibility index (Phi) is 3.85. The van der Waals surface area contributed by atoms with Gasteiger partial charge in [0.15, 0.2) is 0 Å². The molecule has 1 N–H and O–H groups in total. The summed E-state index contributed by atoms with van der Waals surface area (Å²) in [6.45, 7) is 6.83. The molecule has 0 saturated carbocycles. The van der Waals surface area contributed by atoms with Crippen molar-refractivity contribution < 1.29 is 19.1 Å². The Morgan fingerprint density at radius 1 is 1.53 bits per heavy atom. The monoisotopic (exact) mass is 269 g/mol. The van der Waals surface area contributed by atoms with Gasteiger partial charge in [0.05, 0.1) is 12.2 Å². The number of esters is 1. The number of hydrogen-bond acceptors (Lipinski definition) is 4. The maximum atomic E-state index is 12.1. The lowest BCUT2D eigenvalue weighted by molar-refractivity contribution is -0.157. The first-order valence-corrected chi connectivity index (χ1v) is 7.05. The van der Waals surface area contributed by atoms with E-state index in [0.29, 0.717) is 19.6 Å². The summed E-state index contributed by atoms with van der Waals surface area (Å²) >= 11 is 0. The molecule has 5 heteroatoms. The molecule has 3 atom stereocenters. The summed E-state index contributed by atoms with van der Waals surface area (Å²) in [5.41, 5.74) is -0.596. The summed E-state index contributed by atoms with van der Waals surface area (Å²) in [7, 11) is 0. The van der Waals surface area contributed by atoms with Crippen molar-refractivity contribution in [2.45, 2.75) is 58.1 Å². The molecule has 0 radical (unpaired) electrons. The van der Waals surface area contributed by atoms with Crippen LogP contribution in [0.1, 0.15) is 46.5 Å². The van der Waals surface area contributed by atoms with E-state index in [1.54, 1.807) is 6.92 Å². The maximum Gasteiger partial charge on any atom is 0.329 e. The molecular weight excluding hydrogens is 246 g/mol. The van der Waals surface area contributed by atoms with E-state index < -0.39 is 6.04 Å². The largest absolute Gasteiger partial charge is 0.464 e. The Labute approximate surface area is 114 Å². The van der Waals surface area contributed by atoms with Crippen molar-refractivity contribution in [3.8, 4) is 0 Å². The lowest BCUT2D eigenvalue weighted by atomic mass is 9.68. The third-order valence-electron chi connectivity index (χ3n) is 4.48. The van der Waals surface area contributed by atoms with Gasteiger partial charge in [-0.15, -0.1) is 0 Å². The topological polar surface area (TPSA) is 64.6 Å². The van der Waals surface area contributed by atoms with Gasteiger partial charge in [0, 0.05) is 18.4 Å². The first-order chi connectivity index (χ1) is 8.95. The predicted molar refractivity (Wildman–Crippen MR) is 69.5 cm³/mol. The molecule has 0 aromatic heterocycles. The van der Waals surface area contributed by atoms with Crippen molar-refractivity contribution in [1.82, 2.24) is 5.32 Å². The molecule has 2 heterocycles. The molecule has 0 aliphatic carbocycles. The summed E-state index contributed by atoms with van der Waals surface area (Å²) in [5, 5.41) is 2.79. The second-order valence-corrected chi connectivity index (χ2v) is 5.87. The molecule has 19 heavy (non-hydrogen) atoms. The summed E-state index contributed by atoms with van der Waals surface area (Å²) < 4.78 is 10.9. The lowest BCUT2D eigenvalue weighted by Gasteiger charge is -2.45. The van der Waals surface area contributed by atoms with Crippen molar-refractivity contribution in [1.29, 1.82) is 0 Å². The van der Waals surface area contributed by atoms with Crippen molar-refractivity contribution in [2.24, 2.45) is 5.41 Å². The minimum absolute atomic E-state index is 0.0570. The fourth-order valence-corrected chi connectivity index (χ4v) is 3.33. The first-order valence-electron chi connectivity index (χ1n) is 7.05. The summed E-state index contributed by atoms with van der Waals surface area (Å²) in [5.74, 6) is -0.368. The van der Waals surface area contributed by atoms with E-state index in [2.05, 4.69) is 19.2 Å². The molecule has 0 aromatic carbocycles. The average molecular weight is 269 g/mol. The Morgan fingerprint density at radius 2 is 2.26 bits per heavy atom. The van der Waals surface area contributed by atoms with Crippen LogP contribution in [0.25, 0.3) is 0 Å². The molecule has 108 valence electrons. The number of hydrogen-bond donors (Lipinski definition) is 1. The Morgan fingerprint density at radius 3 is 2.89 bits per heavy atom. The van der Waals surface area contributed by atoms with Gasteiger partial charge < -0.3 is 14.8 Å². The van der Waals surface area contributed by atoms with Gasteiger partial charge in [0.25, 0.3) is 0 Å². The van der Waals surface area contributed by atoms with Crippen molar-refractivity contribution in [2.75, 3.05) is 13.2 Å². The Hall–Kier alpha value is -1.10. The minimum atomic E-state index is -0.519. The number of amides is 1. The van der Waals surface area contributed by atoms with Crippen LogP contribution >= 0.6 is 0 Å². The number of rotatable bonds is 3. The molecule has 0 aromatic rings. The van der Waals surface area contributed by atoms with Crippen molar-refractivity contribution in [3.05, 3.63) is 0 Å². The van der Waals surface area contributed by atoms with Crippen LogP contribution in [0, 0.1) is 5.41 Å². The van der Waals surface area contributed by atoms with Crippen LogP contribution in [0.5, 0.6) is 0 Å². The standard InChI is InChI=1S/C14H23NO4/c1-4-13(3)9-14(6-7-19-13)8-10(16)15-11(14)12(17)18-5-2/h11H,4-9H2,1-3H3,(H,15,16). The van der Waals surface area contributed by atoms with Gasteiger partial charge in [-0.3, -0.25) is 4.79 Å². The average Bonchev–Trinajstić information content (AvgIpc) is 2.66. The molecule has 0 bridgehead atoms. The van der Waals surface area contributed by atoms with Gasteiger partial charge in [-0.1, -0.05) is 6.92 Å². The second-order valence-electron chi connectivity index (χ2n) is 5.87. The lowest BCUT2D eigenvalue weighted by Crippen LogP contribution is -2.52. The van der Waals surface area contributed by atoms with Crippen LogP contribution in [0.4, 0.5) is 0 Å². The van der Waals surface area contributed by atoms with E-state index in [9.17, 15) is 9.59 Å². The van der Waals surface area contributed by atoms with E-state index in [0.717, 1.165) is 19.3 Å².